The van der Waals surface area contributed by atoms with Gasteiger partial charge in [0.05, 0.1) is 11.3 Å². The van der Waals surface area contributed by atoms with Gasteiger partial charge in [-0.2, -0.15) is 0 Å². The molecule has 2 aromatic rings. The Kier molecular flexibility index (Phi) is 6.14. The molecule has 5 rings (SSSR count). The Bertz CT molecular complexity index is 1020. The van der Waals surface area contributed by atoms with Crippen molar-refractivity contribution in [3.05, 3.63) is 71.2 Å². The Hall–Kier alpha value is -2.83. The molecule has 1 aliphatic carbocycles. The van der Waals surface area contributed by atoms with Gasteiger partial charge in [0.2, 0.25) is 5.78 Å². The number of aromatic nitrogens is 1. The number of anilines is 1. The number of rotatable bonds is 5. The topological polar surface area (TPSA) is 65.5 Å². The van der Waals surface area contributed by atoms with Crippen molar-refractivity contribution in [2.24, 2.45) is 0 Å². The van der Waals surface area contributed by atoms with E-state index in [-0.39, 0.29) is 23.0 Å². The van der Waals surface area contributed by atoms with Crippen LogP contribution in [0, 0.1) is 0 Å². The number of hydrogen-bond acceptors (Lipinski definition) is 6. The molecule has 1 aromatic carbocycles. The monoisotopic (exact) mass is 430 g/mol. The zero-order chi connectivity index (χ0) is 21.9. The molecule has 3 heterocycles. The minimum atomic E-state index is -0.249. The maximum atomic E-state index is 12.7. The summed E-state index contributed by atoms with van der Waals surface area (Å²) in [6, 6.07) is 12.2. The fourth-order valence-corrected chi connectivity index (χ4v) is 5.11. The Labute approximate surface area is 189 Å². The molecule has 0 amide bonds. The van der Waals surface area contributed by atoms with Gasteiger partial charge >= 0.3 is 0 Å². The molecule has 2 fully saturated rings. The number of carbonyl (C=O) groups excluding carboxylic acids is 2. The molecule has 166 valence electrons. The molecule has 1 N–H and O–H groups in total. The predicted molar refractivity (Wildman–Crippen MR) is 125 cm³/mol. The number of benzene rings is 1. The van der Waals surface area contributed by atoms with Crippen LogP contribution in [0.2, 0.25) is 0 Å². The number of fused-ring (bicyclic) bond motifs is 1. The maximum absolute atomic E-state index is 12.7. The second-order valence-electron chi connectivity index (χ2n) is 9.08. The molecule has 2 saturated heterocycles. The summed E-state index contributed by atoms with van der Waals surface area (Å²) in [6.07, 6.45) is 9.55. The number of hydrogen-bond donors (Lipinski definition) is 1. The highest BCUT2D eigenvalue weighted by Gasteiger charge is 2.27. The van der Waals surface area contributed by atoms with Crippen LogP contribution in [-0.4, -0.2) is 58.6 Å². The summed E-state index contributed by atoms with van der Waals surface area (Å²) < 4.78 is 0. The Balaban J connectivity index is 1.16. The van der Waals surface area contributed by atoms with Gasteiger partial charge in [-0.1, -0.05) is 18.6 Å². The van der Waals surface area contributed by atoms with Crippen LogP contribution in [0.5, 0.6) is 0 Å². The molecule has 6 heteroatoms. The third kappa shape index (κ3) is 4.52. The molecule has 0 saturated carbocycles. The Morgan fingerprint density at radius 1 is 0.938 bits per heavy atom. The predicted octanol–water partition coefficient (Wildman–Crippen LogP) is 3.91. The quantitative estimate of drug-likeness (QED) is 0.776. The lowest BCUT2D eigenvalue weighted by molar-refractivity contribution is 0.0896. The molecule has 0 atom stereocenters. The fraction of sp³-hybridized carbons (Fsp3) is 0.423. The van der Waals surface area contributed by atoms with Crippen LogP contribution < -0.4 is 5.32 Å². The minimum Gasteiger partial charge on any atom is -0.352 e. The van der Waals surface area contributed by atoms with Gasteiger partial charge in [-0.25, -0.2) is 0 Å². The molecule has 0 spiro atoms. The smallest absolute Gasteiger partial charge is 0.228 e. The van der Waals surface area contributed by atoms with Gasteiger partial charge in [0, 0.05) is 30.5 Å². The zero-order valence-corrected chi connectivity index (χ0v) is 18.4. The Morgan fingerprint density at radius 2 is 1.69 bits per heavy atom. The van der Waals surface area contributed by atoms with E-state index < -0.39 is 0 Å². The van der Waals surface area contributed by atoms with Crippen LogP contribution in [0.1, 0.15) is 58.5 Å². The molecule has 0 unspecified atom stereocenters. The lowest BCUT2D eigenvalue weighted by atomic mass is 9.97. The van der Waals surface area contributed by atoms with Gasteiger partial charge in [-0.05, 0) is 81.7 Å². The summed E-state index contributed by atoms with van der Waals surface area (Å²) in [5.74, 6) is -0.444. The first-order valence-electron chi connectivity index (χ1n) is 11.8. The van der Waals surface area contributed by atoms with Crippen LogP contribution in [0.15, 0.2) is 54.4 Å². The van der Waals surface area contributed by atoms with Crippen LogP contribution in [0.25, 0.3) is 0 Å². The van der Waals surface area contributed by atoms with Gasteiger partial charge in [-0.3, -0.25) is 19.5 Å². The highest BCUT2D eigenvalue weighted by molar-refractivity contribution is 6.24. The maximum Gasteiger partial charge on any atom is 0.228 e. The van der Waals surface area contributed by atoms with E-state index in [0.29, 0.717) is 5.56 Å². The summed E-state index contributed by atoms with van der Waals surface area (Å²) in [5.41, 5.74) is 2.91. The summed E-state index contributed by atoms with van der Waals surface area (Å²) in [5, 5.41) is 3.11. The molecule has 3 aliphatic rings. The van der Waals surface area contributed by atoms with Crippen molar-refractivity contribution in [2.45, 2.75) is 44.7 Å². The lowest BCUT2D eigenvalue weighted by Gasteiger charge is -2.40. The normalized spacial score (nSPS) is 20.7. The number of ketones is 2. The van der Waals surface area contributed by atoms with Gasteiger partial charge < -0.3 is 10.2 Å². The van der Waals surface area contributed by atoms with E-state index >= 15 is 0 Å². The number of Topliss-reactive ketones (excluding diaryl/α,β-unsaturated/α-hetero) is 1. The van der Waals surface area contributed by atoms with Crippen molar-refractivity contribution in [1.29, 1.82) is 0 Å². The molecule has 6 nitrogen and oxygen atoms in total. The van der Waals surface area contributed by atoms with E-state index in [9.17, 15) is 9.59 Å². The van der Waals surface area contributed by atoms with Gasteiger partial charge in [0.25, 0.3) is 0 Å². The lowest BCUT2D eigenvalue weighted by Crippen LogP contribution is -2.46. The third-order valence-corrected chi connectivity index (χ3v) is 6.91. The first-order valence-corrected chi connectivity index (χ1v) is 11.8. The highest BCUT2D eigenvalue weighted by atomic mass is 16.1. The van der Waals surface area contributed by atoms with Crippen molar-refractivity contribution in [2.75, 3.05) is 31.5 Å². The number of pyridine rings is 1. The van der Waals surface area contributed by atoms with Crippen LogP contribution >= 0.6 is 0 Å². The number of likely N-dealkylation sites (tertiary alicyclic amines) is 2. The van der Waals surface area contributed by atoms with Crippen molar-refractivity contribution in [3.8, 4) is 0 Å². The average Bonchev–Trinajstić information content (AvgIpc) is 2.85. The van der Waals surface area contributed by atoms with Crippen molar-refractivity contribution >= 4 is 17.3 Å². The molecule has 32 heavy (non-hydrogen) atoms. The molecule has 2 aliphatic heterocycles. The van der Waals surface area contributed by atoms with E-state index in [0.717, 1.165) is 31.4 Å². The van der Waals surface area contributed by atoms with Crippen LogP contribution in [-0.2, 0) is 6.54 Å². The second kappa shape index (κ2) is 9.35. The van der Waals surface area contributed by atoms with Gasteiger partial charge in [-0.15, -0.1) is 0 Å². The first kappa shape index (κ1) is 21.0. The standard InChI is InChI=1S/C26H30N4O2/c31-24-17-23(26(32)25-22(24)5-4-12-27-25)28-20-8-6-19(7-9-20)18-29-15-10-21(11-16-29)30-13-2-1-3-14-30/h4-9,12,17,21,28H,1-3,10-11,13-16,18H2. The first-order chi connectivity index (χ1) is 15.7. The average molecular weight is 431 g/mol. The molecular formula is C26H30N4O2. The summed E-state index contributed by atoms with van der Waals surface area (Å²) in [6.45, 7) is 5.81. The van der Waals surface area contributed by atoms with Crippen molar-refractivity contribution in [3.63, 3.8) is 0 Å². The number of nitrogens with zero attached hydrogens (tertiary/aromatic N) is 3. The minimum absolute atomic E-state index is 0.195. The van der Waals surface area contributed by atoms with Gasteiger partial charge in [0.15, 0.2) is 5.78 Å². The van der Waals surface area contributed by atoms with Crippen molar-refractivity contribution < 1.29 is 9.59 Å². The van der Waals surface area contributed by atoms with Crippen LogP contribution in [0.4, 0.5) is 5.69 Å². The number of nitrogens with one attached hydrogen (secondary N) is 1. The SMILES string of the molecule is O=C1C=C(Nc2ccc(CN3CCC(N4CCCCC4)CC3)cc2)C(=O)c2ncccc21. The summed E-state index contributed by atoms with van der Waals surface area (Å²) in [7, 11) is 0. The number of carbonyl (C=O) groups is 2. The molecule has 1 aromatic heterocycles. The van der Waals surface area contributed by atoms with E-state index in [1.54, 1.807) is 12.1 Å². The van der Waals surface area contributed by atoms with E-state index in [1.807, 2.05) is 12.1 Å². The highest BCUT2D eigenvalue weighted by Crippen LogP contribution is 2.24. The molecule has 0 bridgehead atoms. The largest absolute Gasteiger partial charge is 0.352 e. The summed E-state index contributed by atoms with van der Waals surface area (Å²) in [4.78, 5) is 34.3. The second-order valence-corrected chi connectivity index (χ2v) is 9.08. The Morgan fingerprint density at radius 3 is 2.44 bits per heavy atom. The van der Waals surface area contributed by atoms with E-state index in [1.165, 1.54) is 63.0 Å². The van der Waals surface area contributed by atoms with E-state index in [4.69, 9.17) is 0 Å². The third-order valence-electron chi connectivity index (χ3n) is 6.91. The van der Waals surface area contributed by atoms with E-state index in [2.05, 4.69) is 32.2 Å². The van der Waals surface area contributed by atoms with Crippen LogP contribution in [0.3, 0.4) is 0 Å². The summed E-state index contributed by atoms with van der Waals surface area (Å²) >= 11 is 0. The van der Waals surface area contributed by atoms with Crippen molar-refractivity contribution in [1.82, 2.24) is 14.8 Å². The number of piperidine rings is 2. The fourth-order valence-electron chi connectivity index (χ4n) is 5.11. The molecular weight excluding hydrogens is 400 g/mol. The molecule has 0 radical (unpaired) electrons. The zero-order valence-electron chi connectivity index (χ0n) is 18.4. The number of allylic oxidation sites excluding steroid dienone is 2. The van der Waals surface area contributed by atoms with Gasteiger partial charge in [0.1, 0.15) is 5.69 Å².